The van der Waals surface area contributed by atoms with Gasteiger partial charge in [0.2, 0.25) is 0 Å². The van der Waals surface area contributed by atoms with Crippen LogP contribution in [0.25, 0.3) is 11.1 Å². The molecule has 0 saturated carbocycles. The molecule has 108 valence electrons. The number of aromatic nitrogens is 1. The Hall–Kier alpha value is -2.01. The molecule has 5 heteroatoms. The first-order chi connectivity index (χ1) is 9.93. The number of methoxy groups -OCH3 is 1. The van der Waals surface area contributed by atoms with E-state index in [1.165, 1.54) is 14.0 Å². The van der Waals surface area contributed by atoms with Gasteiger partial charge in [0.05, 0.1) is 7.11 Å². The molecule has 0 unspecified atom stereocenters. The lowest BCUT2D eigenvalue weighted by molar-refractivity contribution is 0.0593. The molecule has 1 aromatic heterocycles. The van der Waals surface area contributed by atoms with Gasteiger partial charge in [0.15, 0.2) is 5.78 Å². The van der Waals surface area contributed by atoms with Crippen LogP contribution in [0.2, 0.25) is 0 Å². The van der Waals surface area contributed by atoms with Crippen molar-refractivity contribution in [2.75, 3.05) is 7.11 Å². The van der Waals surface area contributed by atoms with Crippen LogP contribution in [0.3, 0.4) is 0 Å². The minimum absolute atomic E-state index is 0.0886. The topological polar surface area (TPSA) is 56.3 Å². The number of rotatable bonds is 3. The van der Waals surface area contributed by atoms with Gasteiger partial charge in [-0.25, -0.2) is 9.78 Å². The second-order valence-corrected chi connectivity index (χ2v) is 5.49. The van der Waals surface area contributed by atoms with E-state index in [0.29, 0.717) is 16.8 Å². The summed E-state index contributed by atoms with van der Waals surface area (Å²) in [5, 5.41) is 0. The third-order valence-electron chi connectivity index (χ3n) is 3.10. The minimum atomic E-state index is -0.522. The van der Waals surface area contributed by atoms with Gasteiger partial charge in [-0.05, 0) is 43.2 Å². The summed E-state index contributed by atoms with van der Waals surface area (Å²) >= 11 is 3.38. The van der Waals surface area contributed by atoms with Crippen LogP contribution < -0.4 is 0 Å². The Balaban J connectivity index is 2.71. The van der Waals surface area contributed by atoms with E-state index in [4.69, 9.17) is 4.74 Å². The van der Waals surface area contributed by atoms with Crippen molar-refractivity contribution in [3.05, 3.63) is 51.8 Å². The van der Waals surface area contributed by atoms with Crippen molar-refractivity contribution in [1.29, 1.82) is 0 Å². The number of aryl methyl sites for hydroxylation is 1. The molecule has 0 fully saturated rings. The Morgan fingerprint density at radius 2 is 1.81 bits per heavy atom. The highest BCUT2D eigenvalue weighted by atomic mass is 79.9. The molecule has 0 atom stereocenters. The fourth-order valence-corrected chi connectivity index (χ4v) is 2.45. The maximum Gasteiger partial charge on any atom is 0.356 e. The summed E-state index contributed by atoms with van der Waals surface area (Å²) in [6.45, 7) is 3.20. The first kappa shape index (κ1) is 15.4. The average molecular weight is 348 g/mol. The molecule has 1 aromatic carbocycles. The zero-order valence-corrected chi connectivity index (χ0v) is 13.5. The van der Waals surface area contributed by atoms with Gasteiger partial charge in [0.25, 0.3) is 0 Å². The highest BCUT2D eigenvalue weighted by molar-refractivity contribution is 9.10. The molecule has 0 saturated heterocycles. The molecule has 0 amide bonds. The zero-order chi connectivity index (χ0) is 15.6. The van der Waals surface area contributed by atoms with Crippen LogP contribution in [0.1, 0.15) is 33.5 Å². The summed E-state index contributed by atoms with van der Waals surface area (Å²) in [5.74, 6) is -0.610. The van der Waals surface area contributed by atoms with E-state index in [9.17, 15) is 9.59 Å². The summed E-state index contributed by atoms with van der Waals surface area (Å²) in [7, 11) is 1.30. The molecular weight excluding hydrogens is 334 g/mol. The molecule has 0 aliphatic carbocycles. The predicted molar refractivity (Wildman–Crippen MR) is 83.5 cm³/mol. The monoisotopic (exact) mass is 347 g/mol. The number of nitrogens with zero attached hydrogens (tertiary/aromatic N) is 1. The van der Waals surface area contributed by atoms with Crippen molar-refractivity contribution < 1.29 is 14.3 Å². The van der Waals surface area contributed by atoms with E-state index in [2.05, 4.69) is 20.9 Å². The number of carbonyl (C=O) groups is 2. The number of hydrogen-bond acceptors (Lipinski definition) is 4. The van der Waals surface area contributed by atoms with Gasteiger partial charge >= 0.3 is 5.97 Å². The van der Waals surface area contributed by atoms with Gasteiger partial charge in [0.1, 0.15) is 5.69 Å². The molecular formula is C16H14BrNO3. The molecule has 0 aliphatic rings. The van der Waals surface area contributed by atoms with Gasteiger partial charge in [0, 0.05) is 15.7 Å². The van der Waals surface area contributed by atoms with Gasteiger partial charge in [-0.3, -0.25) is 4.79 Å². The number of benzene rings is 1. The molecule has 4 nitrogen and oxygen atoms in total. The molecule has 2 rings (SSSR count). The normalized spacial score (nSPS) is 10.3. The number of pyridine rings is 1. The Morgan fingerprint density at radius 3 is 2.33 bits per heavy atom. The smallest absolute Gasteiger partial charge is 0.356 e. The Bertz CT molecular complexity index is 708. The van der Waals surface area contributed by atoms with E-state index >= 15 is 0 Å². The van der Waals surface area contributed by atoms with Gasteiger partial charge in [-0.2, -0.15) is 0 Å². The fourth-order valence-electron chi connectivity index (χ4n) is 2.18. The van der Waals surface area contributed by atoms with E-state index < -0.39 is 5.97 Å². The number of carbonyl (C=O) groups excluding carboxylic acids is 2. The zero-order valence-electron chi connectivity index (χ0n) is 11.9. The van der Waals surface area contributed by atoms with Crippen LogP contribution in [-0.4, -0.2) is 23.8 Å². The van der Waals surface area contributed by atoms with E-state index in [0.717, 1.165) is 10.0 Å². The van der Waals surface area contributed by atoms with Crippen molar-refractivity contribution in [3.8, 4) is 11.1 Å². The summed E-state index contributed by atoms with van der Waals surface area (Å²) in [5.41, 5.74) is 2.76. The number of hydrogen-bond donors (Lipinski definition) is 0. The summed E-state index contributed by atoms with van der Waals surface area (Å²) in [6, 6.07) is 9.12. The highest BCUT2D eigenvalue weighted by Crippen LogP contribution is 2.28. The SMILES string of the molecule is COC(=O)c1cc(-c2ccc(Br)cc2)c(C(C)=O)c(C)n1. The molecule has 0 radical (unpaired) electrons. The minimum Gasteiger partial charge on any atom is -0.464 e. The Morgan fingerprint density at radius 1 is 1.19 bits per heavy atom. The van der Waals surface area contributed by atoms with E-state index in [-0.39, 0.29) is 11.5 Å². The fraction of sp³-hybridized carbons (Fsp3) is 0.188. The maximum atomic E-state index is 11.9. The molecule has 0 spiro atoms. The van der Waals surface area contributed by atoms with Crippen molar-refractivity contribution in [2.45, 2.75) is 13.8 Å². The molecule has 1 heterocycles. The lowest BCUT2D eigenvalue weighted by Crippen LogP contribution is -2.10. The summed E-state index contributed by atoms with van der Waals surface area (Å²) in [6.07, 6.45) is 0. The van der Waals surface area contributed by atoms with Crippen LogP contribution in [0.4, 0.5) is 0 Å². The first-order valence-corrected chi connectivity index (χ1v) is 7.10. The molecule has 0 bridgehead atoms. The third-order valence-corrected chi connectivity index (χ3v) is 3.63. The predicted octanol–water partition coefficient (Wildman–Crippen LogP) is 3.81. The van der Waals surface area contributed by atoms with Crippen LogP contribution in [0, 0.1) is 6.92 Å². The van der Waals surface area contributed by atoms with Crippen LogP contribution in [0.5, 0.6) is 0 Å². The van der Waals surface area contributed by atoms with Crippen LogP contribution in [0.15, 0.2) is 34.8 Å². The number of halogens is 1. The largest absolute Gasteiger partial charge is 0.464 e. The van der Waals surface area contributed by atoms with Gasteiger partial charge in [-0.1, -0.05) is 28.1 Å². The Labute approximate surface area is 131 Å². The Kier molecular flexibility index (Phi) is 4.53. The van der Waals surface area contributed by atoms with Crippen LogP contribution in [-0.2, 0) is 4.74 Å². The second-order valence-electron chi connectivity index (χ2n) is 4.57. The quantitative estimate of drug-likeness (QED) is 0.625. The molecule has 0 N–H and O–H groups in total. The molecule has 21 heavy (non-hydrogen) atoms. The number of ketones is 1. The van der Waals surface area contributed by atoms with Crippen molar-refractivity contribution in [1.82, 2.24) is 4.98 Å². The summed E-state index contributed by atoms with van der Waals surface area (Å²) in [4.78, 5) is 27.8. The van der Waals surface area contributed by atoms with Gasteiger partial charge < -0.3 is 4.74 Å². The van der Waals surface area contributed by atoms with Crippen molar-refractivity contribution in [3.63, 3.8) is 0 Å². The average Bonchev–Trinajstić information content (AvgIpc) is 2.45. The van der Waals surface area contributed by atoms with Crippen molar-refractivity contribution in [2.24, 2.45) is 0 Å². The summed E-state index contributed by atoms with van der Waals surface area (Å²) < 4.78 is 5.65. The van der Waals surface area contributed by atoms with E-state index in [1.54, 1.807) is 13.0 Å². The lowest BCUT2D eigenvalue weighted by atomic mass is 9.96. The lowest BCUT2D eigenvalue weighted by Gasteiger charge is -2.12. The van der Waals surface area contributed by atoms with Crippen LogP contribution >= 0.6 is 15.9 Å². The van der Waals surface area contributed by atoms with Crippen molar-refractivity contribution >= 4 is 27.7 Å². The standard InChI is InChI=1S/C16H14BrNO3/c1-9-15(10(2)19)13(8-14(18-9)16(20)21-3)11-4-6-12(17)7-5-11/h4-8H,1-3H3. The third kappa shape index (κ3) is 3.19. The highest BCUT2D eigenvalue weighted by Gasteiger charge is 2.18. The molecule has 2 aromatic rings. The number of ether oxygens (including phenoxy) is 1. The molecule has 0 aliphatic heterocycles. The van der Waals surface area contributed by atoms with Gasteiger partial charge in [-0.15, -0.1) is 0 Å². The number of esters is 1. The maximum absolute atomic E-state index is 11.9. The first-order valence-electron chi connectivity index (χ1n) is 6.31. The van der Waals surface area contributed by atoms with E-state index in [1.807, 2.05) is 24.3 Å². The second kappa shape index (κ2) is 6.18. The number of Topliss-reactive ketones (excluding diaryl/α,β-unsaturated/α-hetero) is 1.